The molecule has 1 amide bonds. The van der Waals surface area contributed by atoms with Crippen LogP contribution in [-0.4, -0.2) is 19.0 Å². The molecular formula is C12H19N3O. The molecule has 0 spiro atoms. The molecule has 0 radical (unpaired) electrons. The number of carbonyl (C=O) groups excluding carboxylic acids is 1. The maximum absolute atomic E-state index is 11.2. The molecule has 0 saturated carbocycles. The predicted molar refractivity (Wildman–Crippen MR) is 67.6 cm³/mol. The van der Waals surface area contributed by atoms with Gasteiger partial charge in [-0.2, -0.15) is 0 Å². The maximum Gasteiger partial charge on any atom is 0.250 e. The average Bonchev–Trinajstić information content (AvgIpc) is 2.26. The van der Waals surface area contributed by atoms with Crippen LogP contribution in [0.2, 0.25) is 0 Å². The number of anilines is 2. The molecule has 4 N–H and O–H groups in total. The minimum atomic E-state index is -0.480. The molecule has 0 aliphatic carbocycles. The average molecular weight is 221 g/mol. The molecule has 0 aliphatic heterocycles. The normalized spacial score (nSPS) is 10.1. The van der Waals surface area contributed by atoms with Crippen LogP contribution >= 0.6 is 0 Å². The van der Waals surface area contributed by atoms with Crippen molar-refractivity contribution < 1.29 is 4.79 Å². The van der Waals surface area contributed by atoms with E-state index in [0.29, 0.717) is 11.3 Å². The Morgan fingerprint density at radius 1 is 1.38 bits per heavy atom. The molecule has 0 aliphatic rings. The number of hydrogen-bond acceptors (Lipinski definition) is 3. The smallest absolute Gasteiger partial charge is 0.250 e. The summed E-state index contributed by atoms with van der Waals surface area (Å²) in [4.78, 5) is 13.3. The van der Waals surface area contributed by atoms with Gasteiger partial charge in [-0.1, -0.05) is 13.0 Å². The fourth-order valence-electron chi connectivity index (χ4n) is 1.76. The van der Waals surface area contributed by atoms with Crippen molar-refractivity contribution in [1.29, 1.82) is 0 Å². The van der Waals surface area contributed by atoms with Gasteiger partial charge in [0.15, 0.2) is 0 Å². The van der Waals surface area contributed by atoms with Gasteiger partial charge < -0.3 is 16.4 Å². The van der Waals surface area contributed by atoms with E-state index < -0.39 is 5.91 Å². The number of carbonyl (C=O) groups is 1. The molecular weight excluding hydrogens is 202 g/mol. The van der Waals surface area contributed by atoms with Crippen molar-refractivity contribution in [3.8, 4) is 0 Å². The number of nitrogen functional groups attached to an aromatic ring is 1. The lowest BCUT2D eigenvalue weighted by molar-refractivity contribution is 0.100. The minimum Gasteiger partial charge on any atom is -0.396 e. The first-order chi connectivity index (χ1) is 7.61. The number of hydrogen-bond donors (Lipinski definition) is 2. The largest absolute Gasteiger partial charge is 0.396 e. The van der Waals surface area contributed by atoms with Crippen LogP contribution in [0, 0.1) is 0 Å². The van der Waals surface area contributed by atoms with E-state index in [2.05, 4.69) is 18.7 Å². The maximum atomic E-state index is 11.2. The van der Waals surface area contributed by atoms with Crippen LogP contribution in [0.1, 0.15) is 30.6 Å². The number of primary amides is 1. The molecule has 1 rings (SSSR count). The second-order valence-electron chi connectivity index (χ2n) is 3.68. The van der Waals surface area contributed by atoms with E-state index in [-0.39, 0.29) is 0 Å². The minimum absolute atomic E-state index is 0.395. The van der Waals surface area contributed by atoms with Crippen LogP contribution in [0.25, 0.3) is 0 Å². The molecule has 88 valence electrons. The van der Waals surface area contributed by atoms with Crippen molar-refractivity contribution in [2.75, 3.05) is 23.7 Å². The molecule has 0 saturated heterocycles. The van der Waals surface area contributed by atoms with Crippen LogP contribution in [0.3, 0.4) is 0 Å². The molecule has 0 atom stereocenters. The second-order valence-corrected chi connectivity index (χ2v) is 3.68. The summed E-state index contributed by atoms with van der Waals surface area (Å²) >= 11 is 0. The van der Waals surface area contributed by atoms with Gasteiger partial charge in [0.25, 0.3) is 5.91 Å². The summed E-state index contributed by atoms with van der Waals surface area (Å²) in [5.74, 6) is -0.480. The van der Waals surface area contributed by atoms with Crippen LogP contribution < -0.4 is 16.4 Å². The lowest BCUT2D eigenvalue weighted by Gasteiger charge is -2.24. The summed E-state index contributed by atoms with van der Waals surface area (Å²) in [5, 5.41) is 0. The van der Waals surface area contributed by atoms with Crippen LogP contribution in [0.5, 0.6) is 0 Å². The highest BCUT2D eigenvalue weighted by Crippen LogP contribution is 2.26. The van der Waals surface area contributed by atoms with E-state index in [1.807, 2.05) is 12.1 Å². The first-order valence-corrected chi connectivity index (χ1v) is 5.55. The second kappa shape index (κ2) is 5.39. The number of nitrogens with two attached hydrogens (primary N) is 2. The van der Waals surface area contributed by atoms with E-state index in [0.717, 1.165) is 25.2 Å². The SMILES string of the molecule is CCCN(CC)c1cccc(C(N)=O)c1N. The van der Waals surface area contributed by atoms with E-state index in [9.17, 15) is 4.79 Å². The Balaban J connectivity index is 3.12. The summed E-state index contributed by atoms with van der Waals surface area (Å²) in [6.07, 6.45) is 1.04. The van der Waals surface area contributed by atoms with Gasteiger partial charge in [0, 0.05) is 13.1 Å². The topological polar surface area (TPSA) is 72.3 Å². The Bertz CT molecular complexity index is 377. The summed E-state index contributed by atoms with van der Waals surface area (Å²) < 4.78 is 0. The summed E-state index contributed by atoms with van der Waals surface area (Å²) in [7, 11) is 0. The highest BCUT2D eigenvalue weighted by molar-refractivity contribution is 6.00. The first kappa shape index (κ1) is 12.4. The summed E-state index contributed by atoms with van der Waals surface area (Å²) in [6, 6.07) is 5.38. The molecule has 1 aromatic rings. The van der Waals surface area contributed by atoms with Crippen LogP contribution in [0.4, 0.5) is 11.4 Å². The van der Waals surface area contributed by atoms with Crippen LogP contribution in [-0.2, 0) is 0 Å². The quantitative estimate of drug-likeness (QED) is 0.742. The molecule has 0 bridgehead atoms. The van der Waals surface area contributed by atoms with Crippen molar-refractivity contribution in [2.45, 2.75) is 20.3 Å². The van der Waals surface area contributed by atoms with Gasteiger partial charge >= 0.3 is 0 Å². The number of amides is 1. The van der Waals surface area contributed by atoms with E-state index in [1.54, 1.807) is 6.07 Å². The van der Waals surface area contributed by atoms with Gasteiger partial charge in [-0.25, -0.2) is 0 Å². The third kappa shape index (κ3) is 2.45. The zero-order valence-electron chi connectivity index (χ0n) is 9.86. The van der Waals surface area contributed by atoms with Gasteiger partial charge in [-0.05, 0) is 25.5 Å². The molecule has 0 unspecified atom stereocenters. The lowest BCUT2D eigenvalue weighted by atomic mass is 10.1. The summed E-state index contributed by atoms with van der Waals surface area (Å²) in [5.41, 5.74) is 13.0. The van der Waals surface area contributed by atoms with Crippen LogP contribution in [0.15, 0.2) is 18.2 Å². The first-order valence-electron chi connectivity index (χ1n) is 5.55. The van der Waals surface area contributed by atoms with E-state index in [1.165, 1.54) is 0 Å². The lowest BCUT2D eigenvalue weighted by Crippen LogP contribution is -2.25. The number of benzene rings is 1. The third-order valence-corrected chi connectivity index (χ3v) is 2.56. The fraction of sp³-hybridized carbons (Fsp3) is 0.417. The van der Waals surface area contributed by atoms with Crippen molar-refractivity contribution in [2.24, 2.45) is 5.73 Å². The van der Waals surface area contributed by atoms with Crippen molar-refractivity contribution in [3.63, 3.8) is 0 Å². The highest BCUT2D eigenvalue weighted by Gasteiger charge is 2.12. The van der Waals surface area contributed by atoms with Gasteiger partial charge in [-0.3, -0.25) is 4.79 Å². The number of rotatable bonds is 5. The third-order valence-electron chi connectivity index (χ3n) is 2.56. The zero-order chi connectivity index (χ0) is 12.1. The molecule has 0 aromatic heterocycles. The highest BCUT2D eigenvalue weighted by atomic mass is 16.1. The van der Waals surface area contributed by atoms with E-state index in [4.69, 9.17) is 11.5 Å². The molecule has 1 aromatic carbocycles. The zero-order valence-corrected chi connectivity index (χ0v) is 9.86. The Morgan fingerprint density at radius 3 is 2.56 bits per heavy atom. The molecule has 16 heavy (non-hydrogen) atoms. The van der Waals surface area contributed by atoms with Gasteiger partial charge in [0.2, 0.25) is 0 Å². The molecule has 0 fully saturated rings. The number of para-hydroxylation sites is 1. The Hall–Kier alpha value is -1.71. The predicted octanol–water partition coefficient (Wildman–Crippen LogP) is 1.60. The summed E-state index contributed by atoms with van der Waals surface area (Å²) in [6.45, 7) is 5.95. The van der Waals surface area contributed by atoms with Crippen molar-refractivity contribution >= 4 is 17.3 Å². The standard InChI is InChI=1S/C12H19N3O/c1-3-8-15(4-2)10-7-5-6-9(11(10)13)12(14)16/h5-7H,3-4,8,13H2,1-2H3,(H2,14,16). The van der Waals surface area contributed by atoms with Crippen molar-refractivity contribution in [3.05, 3.63) is 23.8 Å². The van der Waals surface area contributed by atoms with Crippen molar-refractivity contribution in [1.82, 2.24) is 0 Å². The molecule has 4 nitrogen and oxygen atoms in total. The van der Waals surface area contributed by atoms with Gasteiger partial charge in [-0.15, -0.1) is 0 Å². The van der Waals surface area contributed by atoms with E-state index >= 15 is 0 Å². The molecule has 4 heteroatoms. The fourth-order valence-corrected chi connectivity index (χ4v) is 1.76. The molecule has 0 heterocycles. The number of nitrogens with zero attached hydrogens (tertiary/aromatic N) is 1. The Kier molecular flexibility index (Phi) is 4.17. The van der Waals surface area contributed by atoms with Gasteiger partial charge in [0.05, 0.1) is 16.9 Å². The van der Waals surface area contributed by atoms with Gasteiger partial charge in [0.1, 0.15) is 0 Å². The monoisotopic (exact) mass is 221 g/mol. The Morgan fingerprint density at radius 2 is 2.06 bits per heavy atom. The Labute approximate surface area is 96.2 Å².